The zero-order valence-corrected chi connectivity index (χ0v) is 7.52. The van der Waals surface area contributed by atoms with Crippen LogP contribution in [0.1, 0.15) is 25.7 Å². The molecule has 3 nitrogen and oxygen atoms in total. The molecule has 0 aliphatic rings. The lowest BCUT2D eigenvalue weighted by molar-refractivity contribution is -0.108. The van der Waals surface area contributed by atoms with Crippen LogP contribution in [-0.4, -0.2) is 12.6 Å². The van der Waals surface area contributed by atoms with Crippen molar-refractivity contribution in [3.63, 3.8) is 0 Å². The van der Waals surface area contributed by atoms with Crippen LogP contribution in [-0.2, 0) is 14.3 Å². The molecule has 0 saturated carbocycles. The molecule has 0 bridgehead atoms. The fourth-order valence-electron chi connectivity index (χ4n) is 0.621. The van der Waals surface area contributed by atoms with Crippen molar-refractivity contribution in [1.29, 1.82) is 0 Å². The topological polar surface area (TPSA) is 43.4 Å². The molecular formula is C10H14O3. The summed E-state index contributed by atoms with van der Waals surface area (Å²) in [7, 11) is 0. The average Bonchev–Trinajstić information content (AvgIpc) is 2.16. The second kappa shape index (κ2) is 10.6. The van der Waals surface area contributed by atoms with Crippen LogP contribution in [0.25, 0.3) is 0 Å². The summed E-state index contributed by atoms with van der Waals surface area (Å²) in [5.74, 6) is 0. The van der Waals surface area contributed by atoms with Crippen molar-refractivity contribution in [3.05, 3.63) is 24.7 Å². The summed E-state index contributed by atoms with van der Waals surface area (Å²) in [5, 5.41) is 0. The second-order valence-corrected chi connectivity index (χ2v) is 2.37. The van der Waals surface area contributed by atoms with Crippen LogP contribution in [0, 0.1) is 0 Å². The SMILES string of the molecule is O=CCCC=COC=CCCC=O. The molecule has 0 aliphatic heterocycles. The molecule has 3 heteroatoms. The van der Waals surface area contributed by atoms with E-state index in [9.17, 15) is 9.59 Å². The number of carbonyl (C=O) groups excluding carboxylic acids is 2. The molecule has 0 aromatic heterocycles. The van der Waals surface area contributed by atoms with Gasteiger partial charge in [0.05, 0.1) is 12.5 Å². The van der Waals surface area contributed by atoms with Gasteiger partial charge in [-0.2, -0.15) is 0 Å². The number of hydrogen-bond donors (Lipinski definition) is 0. The van der Waals surface area contributed by atoms with Crippen LogP contribution in [0.15, 0.2) is 24.7 Å². The van der Waals surface area contributed by atoms with Crippen LogP contribution in [0.3, 0.4) is 0 Å². The van der Waals surface area contributed by atoms with Crippen molar-refractivity contribution < 1.29 is 14.3 Å². The fourth-order valence-corrected chi connectivity index (χ4v) is 0.621. The van der Waals surface area contributed by atoms with E-state index >= 15 is 0 Å². The zero-order chi connectivity index (χ0) is 9.78. The number of carbonyl (C=O) groups is 2. The molecule has 72 valence electrons. The third kappa shape index (κ3) is 10.6. The molecule has 0 aliphatic carbocycles. The van der Waals surface area contributed by atoms with Crippen LogP contribution < -0.4 is 0 Å². The molecule has 0 aromatic rings. The van der Waals surface area contributed by atoms with Crippen molar-refractivity contribution >= 4 is 12.6 Å². The highest BCUT2D eigenvalue weighted by molar-refractivity contribution is 5.49. The Hall–Kier alpha value is -1.38. The summed E-state index contributed by atoms with van der Waals surface area (Å²) in [6.07, 6.45) is 10.8. The molecule has 0 amide bonds. The van der Waals surface area contributed by atoms with Gasteiger partial charge in [-0.15, -0.1) is 0 Å². The quantitative estimate of drug-likeness (QED) is 0.327. The van der Waals surface area contributed by atoms with Crippen LogP contribution in [0.4, 0.5) is 0 Å². The maximum Gasteiger partial charge on any atom is 0.120 e. The number of hydrogen-bond acceptors (Lipinski definition) is 3. The van der Waals surface area contributed by atoms with Gasteiger partial charge in [0.2, 0.25) is 0 Å². The molecule has 0 saturated heterocycles. The Labute approximate surface area is 78.1 Å². The summed E-state index contributed by atoms with van der Waals surface area (Å²) in [4.78, 5) is 19.8. The highest BCUT2D eigenvalue weighted by Gasteiger charge is 1.78. The summed E-state index contributed by atoms with van der Waals surface area (Å²) < 4.78 is 4.93. The van der Waals surface area contributed by atoms with E-state index in [2.05, 4.69) is 0 Å². The Balaban J connectivity index is 3.22. The first-order valence-corrected chi connectivity index (χ1v) is 4.24. The van der Waals surface area contributed by atoms with Crippen molar-refractivity contribution in [2.24, 2.45) is 0 Å². The lowest BCUT2D eigenvalue weighted by Gasteiger charge is -1.88. The summed E-state index contributed by atoms with van der Waals surface area (Å²) in [6, 6.07) is 0. The third-order valence-electron chi connectivity index (χ3n) is 1.25. The molecule has 0 aromatic carbocycles. The first-order valence-electron chi connectivity index (χ1n) is 4.24. The number of unbranched alkanes of at least 4 members (excludes halogenated alkanes) is 2. The minimum absolute atomic E-state index is 0.523. The van der Waals surface area contributed by atoms with E-state index in [1.54, 1.807) is 12.2 Å². The Morgan fingerprint density at radius 1 is 0.769 bits per heavy atom. The molecule has 0 radical (unpaired) electrons. The van der Waals surface area contributed by atoms with Crippen molar-refractivity contribution in [2.75, 3.05) is 0 Å². The predicted octanol–water partition coefficient (Wildman–Crippen LogP) is 1.99. The second-order valence-electron chi connectivity index (χ2n) is 2.37. The Morgan fingerprint density at radius 2 is 1.23 bits per heavy atom. The minimum atomic E-state index is 0.523. The van der Waals surface area contributed by atoms with Crippen LogP contribution >= 0.6 is 0 Å². The van der Waals surface area contributed by atoms with E-state index in [0.29, 0.717) is 25.7 Å². The van der Waals surface area contributed by atoms with Crippen molar-refractivity contribution in [1.82, 2.24) is 0 Å². The molecule has 0 atom stereocenters. The lowest BCUT2D eigenvalue weighted by Crippen LogP contribution is -1.73. The normalized spacial score (nSPS) is 10.8. The van der Waals surface area contributed by atoms with Gasteiger partial charge in [-0.25, -0.2) is 0 Å². The molecule has 13 heavy (non-hydrogen) atoms. The Bertz CT molecular complexity index is 163. The summed E-state index contributed by atoms with van der Waals surface area (Å²) in [5.41, 5.74) is 0. The van der Waals surface area contributed by atoms with Gasteiger partial charge in [0.15, 0.2) is 0 Å². The number of rotatable bonds is 8. The van der Waals surface area contributed by atoms with Crippen LogP contribution in [0.2, 0.25) is 0 Å². The third-order valence-corrected chi connectivity index (χ3v) is 1.25. The van der Waals surface area contributed by atoms with Gasteiger partial charge in [0.1, 0.15) is 12.6 Å². The molecule has 0 heterocycles. The van der Waals surface area contributed by atoms with Gasteiger partial charge in [-0.1, -0.05) is 0 Å². The van der Waals surface area contributed by atoms with E-state index in [1.807, 2.05) is 0 Å². The maximum absolute atomic E-state index is 9.89. The zero-order valence-electron chi connectivity index (χ0n) is 7.52. The molecule has 0 spiro atoms. The first kappa shape index (κ1) is 11.6. The van der Waals surface area contributed by atoms with Gasteiger partial charge in [-0.3, -0.25) is 0 Å². The van der Waals surface area contributed by atoms with Crippen molar-refractivity contribution in [3.8, 4) is 0 Å². The molecule has 0 N–H and O–H groups in total. The van der Waals surface area contributed by atoms with E-state index in [-0.39, 0.29) is 0 Å². The van der Waals surface area contributed by atoms with E-state index in [1.165, 1.54) is 12.5 Å². The van der Waals surface area contributed by atoms with Crippen molar-refractivity contribution in [2.45, 2.75) is 25.7 Å². The Kier molecular flexibility index (Phi) is 9.49. The molecular weight excluding hydrogens is 168 g/mol. The molecule has 0 rings (SSSR count). The van der Waals surface area contributed by atoms with E-state index < -0.39 is 0 Å². The van der Waals surface area contributed by atoms with Crippen LogP contribution in [0.5, 0.6) is 0 Å². The highest BCUT2D eigenvalue weighted by atomic mass is 16.5. The predicted molar refractivity (Wildman–Crippen MR) is 50.0 cm³/mol. The number of ether oxygens (including phenoxy) is 1. The summed E-state index contributed by atoms with van der Waals surface area (Å²) >= 11 is 0. The summed E-state index contributed by atoms with van der Waals surface area (Å²) in [6.45, 7) is 0. The van der Waals surface area contributed by atoms with E-state index in [0.717, 1.165) is 12.6 Å². The monoisotopic (exact) mass is 182 g/mol. The smallest absolute Gasteiger partial charge is 0.120 e. The lowest BCUT2D eigenvalue weighted by atomic mass is 10.3. The fraction of sp³-hybridized carbons (Fsp3) is 0.400. The standard InChI is InChI=1S/C10H14O3/c11-7-3-1-5-9-13-10-6-2-4-8-12/h5-10H,1-4H2. The van der Waals surface area contributed by atoms with E-state index in [4.69, 9.17) is 4.74 Å². The molecule has 0 unspecified atom stereocenters. The first-order chi connectivity index (χ1) is 6.41. The maximum atomic E-state index is 9.89. The van der Waals surface area contributed by atoms with Gasteiger partial charge in [0, 0.05) is 12.8 Å². The van der Waals surface area contributed by atoms with Gasteiger partial charge in [-0.05, 0) is 25.0 Å². The largest absolute Gasteiger partial charge is 0.473 e. The molecule has 0 fully saturated rings. The number of aldehydes is 2. The highest BCUT2D eigenvalue weighted by Crippen LogP contribution is 1.91. The number of allylic oxidation sites excluding steroid dienone is 2. The Morgan fingerprint density at radius 3 is 1.62 bits per heavy atom. The van der Waals surface area contributed by atoms with Gasteiger partial charge < -0.3 is 14.3 Å². The van der Waals surface area contributed by atoms with Gasteiger partial charge in [0.25, 0.3) is 0 Å². The average molecular weight is 182 g/mol. The van der Waals surface area contributed by atoms with Gasteiger partial charge >= 0.3 is 0 Å². The minimum Gasteiger partial charge on any atom is -0.473 e.